The fourth-order valence-corrected chi connectivity index (χ4v) is 2.90. The van der Waals surface area contributed by atoms with Crippen LogP contribution in [0.25, 0.3) is 0 Å². The molecule has 0 spiro atoms. The molecule has 21 heavy (non-hydrogen) atoms. The van der Waals surface area contributed by atoms with Gasteiger partial charge in [0.05, 0.1) is 7.11 Å². The minimum Gasteiger partial charge on any atom is -0.468 e. The van der Waals surface area contributed by atoms with E-state index >= 15 is 0 Å². The summed E-state index contributed by atoms with van der Waals surface area (Å²) in [5.74, 6) is 0.613. The van der Waals surface area contributed by atoms with E-state index in [0.29, 0.717) is 11.6 Å². The highest BCUT2D eigenvalue weighted by molar-refractivity contribution is 7.99. The first-order valence-electron chi connectivity index (χ1n) is 7.03. The van der Waals surface area contributed by atoms with Crippen LogP contribution in [-0.2, 0) is 9.53 Å². The molecule has 7 heteroatoms. The summed E-state index contributed by atoms with van der Waals surface area (Å²) in [7, 11) is 1.41. The van der Waals surface area contributed by atoms with E-state index in [1.165, 1.54) is 31.1 Å². The molecule has 118 valence electrons. The third-order valence-corrected chi connectivity index (χ3v) is 4.13. The summed E-state index contributed by atoms with van der Waals surface area (Å²) in [6.45, 7) is 4.55. The van der Waals surface area contributed by atoms with E-state index < -0.39 is 5.54 Å². The Morgan fingerprint density at radius 2 is 2.29 bits per heavy atom. The lowest BCUT2D eigenvalue weighted by Gasteiger charge is -2.27. The number of nitrogens with zero attached hydrogens (tertiary/aromatic N) is 1. The number of methoxy groups -OCH3 is 1. The lowest BCUT2D eigenvalue weighted by molar-refractivity contribution is -0.148. The Labute approximate surface area is 129 Å². The van der Waals surface area contributed by atoms with Crippen LogP contribution in [0.1, 0.15) is 33.1 Å². The molecule has 0 saturated heterocycles. The van der Waals surface area contributed by atoms with E-state index in [1.54, 1.807) is 0 Å². The zero-order chi connectivity index (χ0) is 15.7. The van der Waals surface area contributed by atoms with Gasteiger partial charge in [-0.1, -0.05) is 25.1 Å². The van der Waals surface area contributed by atoms with Crippen molar-refractivity contribution in [3.63, 3.8) is 0 Å². The van der Waals surface area contributed by atoms with Crippen molar-refractivity contribution < 1.29 is 9.53 Å². The summed E-state index contributed by atoms with van der Waals surface area (Å²) in [6.07, 6.45) is 4.04. The number of likely N-dealkylation sites (N-methyl/N-ethyl adjacent to an activating group) is 1. The van der Waals surface area contributed by atoms with Crippen LogP contribution in [0.15, 0.2) is 22.2 Å². The summed E-state index contributed by atoms with van der Waals surface area (Å²) in [5.41, 5.74) is -0.772. The van der Waals surface area contributed by atoms with Crippen LogP contribution >= 0.6 is 11.8 Å². The number of thioether (sulfide) groups is 1. The Morgan fingerprint density at radius 1 is 1.52 bits per heavy atom. The third kappa shape index (κ3) is 5.89. The highest BCUT2D eigenvalue weighted by Gasteiger charge is 2.32. The van der Waals surface area contributed by atoms with Gasteiger partial charge < -0.3 is 15.0 Å². The number of ether oxygens (including phenoxy) is 1. The van der Waals surface area contributed by atoms with Crippen molar-refractivity contribution in [3.8, 4) is 0 Å². The number of aromatic amines is 1. The molecule has 0 aliphatic carbocycles. The largest absolute Gasteiger partial charge is 0.468 e. The highest BCUT2D eigenvalue weighted by atomic mass is 32.2. The third-order valence-electron chi connectivity index (χ3n) is 3.16. The molecule has 0 aliphatic heterocycles. The molecule has 1 heterocycles. The number of rotatable bonds is 9. The molecule has 2 N–H and O–H groups in total. The molecular formula is C14H23N3O3S. The Morgan fingerprint density at radius 3 is 2.90 bits per heavy atom. The summed E-state index contributed by atoms with van der Waals surface area (Å²) in [4.78, 5) is 29.7. The van der Waals surface area contributed by atoms with Gasteiger partial charge in [0.15, 0.2) is 5.16 Å². The number of unbranched alkanes of at least 4 members (excludes halogenated alkanes) is 1. The number of H-pyrrole nitrogens is 1. The Hall–Kier alpha value is -1.34. The fourth-order valence-electron chi connectivity index (χ4n) is 2.05. The maximum absolute atomic E-state index is 11.8. The van der Waals surface area contributed by atoms with E-state index in [-0.39, 0.29) is 11.5 Å². The maximum atomic E-state index is 11.8. The SMILES string of the molecule is CCNC(C)(CCCCSc1nccc(=O)[nH]1)C(=O)OC. The van der Waals surface area contributed by atoms with E-state index in [0.717, 1.165) is 25.1 Å². The second kappa shape index (κ2) is 8.84. The fraction of sp³-hybridized carbons (Fsp3) is 0.643. The molecule has 1 aromatic rings. The van der Waals surface area contributed by atoms with Crippen molar-refractivity contribution in [2.24, 2.45) is 0 Å². The predicted molar refractivity (Wildman–Crippen MR) is 83.5 cm³/mol. The van der Waals surface area contributed by atoms with E-state index in [2.05, 4.69) is 15.3 Å². The summed E-state index contributed by atoms with van der Waals surface area (Å²) >= 11 is 1.51. The van der Waals surface area contributed by atoms with Crippen LogP contribution in [0.5, 0.6) is 0 Å². The second-order valence-corrected chi connectivity index (χ2v) is 5.98. The molecule has 0 aromatic carbocycles. The van der Waals surface area contributed by atoms with Crippen molar-refractivity contribution in [2.75, 3.05) is 19.4 Å². The maximum Gasteiger partial charge on any atom is 0.325 e. The van der Waals surface area contributed by atoms with Crippen molar-refractivity contribution in [1.82, 2.24) is 15.3 Å². The molecule has 1 aromatic heterocycles. The predicted octanol–water partition coefficient (Wildman–Crippen LogP) is 1.57. The minimum absolute atomic E-state index is 0.141. The minimum atomic E-state index is -0.631. The average Bonchev–Trinajstić information content (AvgIpc) is 2.46. The Kier molecular flexibility index (Phi) is 7.45. The summed E-state index contributed by atoms with van der Waals surface area (Å²) < 4.78 is 4.85. The van der Waals surface area contributed by atoms with Gasteiger partial charge in [0.25, 0.3) is 5.56 Å². The lowest BCUT2D eigenvalue weighted by atomic mass is 9.95. The van der Waals surface area contributed by atoms with Gasteiger partial charge in [0.2, 0.25) is 0 Å². The van der Waals surface area contributed by atoms with Gasteiger partial charge in [-0.25, -0.2) is 4.98 Å². The van der Waals surface area contributed by atoms with Gasteiger partial charge in [-0.05, 0) is 26.3 Å². The number of carbonyl (C=O) groups excluding carboxylic acids is 1. The van der Waals surface area contributed by atoms with Gasteiger partial charge in [-0.15, -0.1) is 0 Å². The summed E-state index contributed by atoms with van der Waals surface area (Å²) in [5, 5.41) is 3.81. The van der Waals surface area contributed by atoms with Crippen molar-refractivity contribution in [1.29, 1.82) is 0 Å². The monoisotopic (exact) mass is 313 g/mol. The number of carbonyl (C=O) groups is 1. The highest BCUT2D eigenvalue weighted by Crippen LogP contribution is 2.18. The normalized spacial score (nSPS) is 13.7. The average molecular weight is 313 g/mol. The molecule has 0 saturated carbocycles. The first kappa shape index (κ1) is 17.7. The first-order valence-corrected chi connectivity index (χ1v) is 8.02. The Balaban J connectivity index is 2.35. The lowest BCUT2D eigenvalue weighted by Crippen LogP contribution is -2.50. The topological polar surface area (TPSA) is 84.1 Å². The number of hydrogen-bond acceptors (Lipinski definition) is 6. The molecule has 0 radical (unpaired) electrons. The van der Waals surface area contributed by atoms with Crippen LogP contribution in [0.3, 0.4) is 0 Å². The van der Waals surface area contributed by atoms with E-state index in [1.807, 2.05) is 13.8 Å². The number of aromatic nitrogens is 2. The van der Waals surface area contributed by atoms with Crippen LogP contribution in [0.2, 0.25) is 0 Å². The smallest absolute Gasteiger partial charge is 0.325 e. The summed E-state index contributed by atoms with van der Waals surface area (Å²) in [6, 6.07) is 1.39. The molecule has 6 nitrogen and oxygen atoms in total. The molecular weight excluding hydrogens is 290 g/mol. The number of nitrogens with one attached hydrogen (secondary N) is 2. The zero-order valence-corrected chi connectivity index (χ0v) is 13.6. The number of esters is 1. The van der Waals surface area contributed by atoms with Crippen LogP contribution in [-0.4, -0.2) is 40.9 Å². The molecule has 0 amide bonds. The Bertz CT molecular complexity index is 506. The van der Waals surface area contributed by atoms with Crippen LogP contribution in [0.4, 0.5) is 0 Å². The van der Waals surface area contributed by atoms with E-state index in [9.17, 15) is 9.59 Å². The molecule has 1 atom stereocenters. The quantitative estimate of drug-likeness (QED) is 0.312. The van der Waals surface area contributed by atoms with Crippen molar-refractivity contribution >= 4 is 17.7 Å². The standard InChI is InChI=1S/C14H23N3O3S/c1-4-16-14(2,12(19)20-3)8-5-6-10-21-13-15-9-7-11(18)17-13/h7,9,16H,4-6,8,10H2,1-3H3,(H,15,17,18). The molecule has 1 rings (SSSR count). The van der Waals surface area contributed by atoms with Crippen molar-refractivity contribution in [2.45, 2.75) is 43.8 Å². The zero-order valence-electron chi connectivity index (χ0n) is 12.8. The molecule has 0 fully saturated rings. The van der Waals surface area contributed by atoms with Crippen LogP contribution in [0, 0.1) is 0 Å². The van der Waals surface area contributed by atoms with Gasteiger partial charge in [-0.3, -0.25) is 9.59 Å². The van der Waals surface area contributed by atoms with Crippen molar-refractivity contribution in [3.05, 3.63) is 22.6 Å². The first-order chi connectivity index (χ1) is 10.0. The molecule has 1 unspecified atom stereocenters. The van der Waals surface area contributed by atoms with Gasteiger partial charge >= 0.3 is 5.97 Å². The van der Waals surface area contributed by atoms with E-state index in [4.69, 9.17) is 4.74 Å². The van der Waals surface area contributed by atoms with Gasteiger partial charge in [-0.2, -0.15) is 0 Å². The van der Waals surface area contributed by atoms with Crippen LogP contribution < -0.4 is 10.9 Å². The second-order valence-electron chi connectivity index (χ2n) is 4.90. The van der Waals surface area contributed by atoms with Gasteiger partial charge in [0, 0.05) is 18.0 Å². The number of hydrogen-bond donors (Lipinski definition) is 2. The van der Waals surface area contributed by atoms with Gasteiger partial charge in [0.1, 0.15) is 5.54 Å². The molecule has 0 aliphatic rings. The molecule has 0 bridgehead atoms.